The van der Waals surface area contributed by atoms with Crippen LogP contribution >= 0.6 is 11.6 Å². The summed E-state index contributed by atoms with van der Waals surface area (Å²) in [5, 5.41) is 1.86. The largest absolute Gasteiger partial charge is 0.494 e. The maximum Gasteiger partial charge on any atom is 0.242 e. The van der Waals surface area contributed by atoms with Gasteiger partial charge in [0.1, 0.15) is 11.1 Å². The zero-order valence-corrected chi connectivity index (χ0v) is 10.3. The second-order valence-corrected chi connectivity index (χ2v) is 3.83. The van der Waals surface area contributed by atoms with Gasteiger partial charge in [0, 0.05) is 7.05 Å². The van der Waals surface area contributed by atoms with E-state index >= 15 is 0 Å². The maximum absolute atomic E-state index is 11.3. The Morgan fingerprint density at radius 2 is 2.06 bits per heavy atom. The van der Waals surface area contributed by atoms with Crippen LogP contribution in [0.25, 0.3) is 0 Å². The lowest BCUT2D eigenvalue weighted by Crippen LogP contribution is -2.22. The summed E-state index contributed by atoms with van der Waals surface area (Å²) in [5.41, 5.74) is 0.768. The summed E-state index contributed by atoms with van der Waals surface area (Å²) in [6.45, 7) is 2.74. The molecule has 0 saturated carbocycles. The van der Waals surface area contributed by atoms with Crippen molar-refractivity contribution in [1.29, 1.82) is 0 Å². The minimum absolute atomic E-state index is 0.205. The fourth-order valence-corrected chi connectivity index (χ4v) is 1.49. The predicted molar refractivity (Wildman–Crippen MR) is 64.9 cm³/mol. The van der Waals surface area contributed by atoms with Crippen LogP contribution in [0.15, 0.2) is 24.3 Å². The predicted octanol–water partition coefficient (Wildman–Crippen LogP) is 2.50. The van der Waals surface area contributed by atoms with Crippen LogP contribution in [0.3, 0.4) is 0 Å². The van der Waals surface area contributed by atoms with E-state index in [1.165, 1.54) is 0 Å². The average Bonchev–Trinajstić information content (AvgIpc) is 2.35. The first-order valence-corrected chi connectivity index (χ1v) is 5.71. The van der Waals surface area contributed by atoms with E-state index in [2.05, 4.69) is 12.2 Å². The van der Waals surface area contributed by atoms with E-state index in [1.807, 2.05) is 12.1 Å². The number of benzene rings is 1. The molecule has 0 radical (unpaired) electrons. The van der Waals surface area contributed by atoms with Crippen molar-refractivity contribution in [3.63, 3.8) is 0 Å². The molecule has 1 amide bonds. The fraction of sp³-hybridized carbons (Fsp3) is 0.417. The first-order valence-electron chi connectivity index (χ1n) is 5.27. The van der Waals surface area contributed by atoms with Crippen molar-refractivity contribution in [3.05, 3.63) is 29.8 Å². The molecule has 88 valence electrons. The fourth-order valence-electron chi connectivity index (χ4n) is 1.23. The topological polar surface area (TPSA) is 38.3 Å². The van der Waals surface area contributed by atoms with Crippen LogP contribution in [0.4, 0.5) is 0 Å². The normalized spacial score (nSPS) is 11.9. The molecule has 0 aromatic heterocycles. The number of ether oxygens (including phenoxy) is 1. The Bertz CT molecular complexity index is 337. The smallest absolute Gasteiger partial charge is 0.242 e. The first-order chi connectivity index (χ1) is 7.69. The molecule has 0 saturated heterocycles. The molecule has 1 rings (SSSR count). The first kappa shape index (κ1) is 12.8. The number of carbonyl (C=O) groups is 1. The average molecular weight is 242 g/mol. The summed E-state index contributed by atoms with van der Waals surface area (Å²) in [6, 6.07) is 7.25. The van der Waals surface area contributed by atoms with E-state index in [4.69, 9.17) is 16.3 Å². The molecule has 0 fully saturated rings. The van der Waals surface area contributed by atoms with Crippen molar-refractivity contribution < 1.29 is 9.53 Å². The van der Waals surface area contributed by atoms with Crippen molar-refractivity contribution in [2.75, 3.05) is 13.7 Å². The van der Waals surface area contributed by atoms with Gasteiger partial charge in [-0.25, -0.2) is 0 Å². The van der Waals surface area contributed by atoms with Crippen LogP contribution in [0.5, 0.6) is 5.75 Å². The van der Waals surface area contributed by atoms with Crippen LogP contribution in [0.1, 0.15) is 24.3 Å². The van der Waals surface area contributed by atoms with Crippen molar-refractivity contribution in [1.82, 2.24) is 5.32 Å². The minimum atomic E-state index is -0.648. The van der Waals surface area contributed by atoms with Gasteiger partial charge in [0.25, 0.3) is 0 Å². The van der Waals surface area contributed by atoms with Gasteiger partial charge in [-0.15, -0.1) is 11.6 Å². The third-order valence-corrected chi connectivity index (χ3v) is 2.57. The summed E-state index contributed by atoms with van der Waals surface area (Å²) in [7, 11) is 1.57. The summed E-state index contributed by atoms with van der Waals surface area (Å²) in [4.78, 5) is 11.3. The van der Waals surface area contributed by atoms with Crippen LogP contribution in [0, 0.1) is 0 Å². The van der Waals surface area contributed by atoms with E-state index < -0.39 is 5.38 Å². The Morgan fingerprint density at radius 3 is 2.56 bits per heavy atom. The van der Waals surface area contributed by atoms with Crippen molar-refractivity contribution in [2.45, 2.75) is 18.7 Å². The molecule has 1 unspecified atom stereocenters. The van der Waals surface area contributed by atoms with E-state index in [0.717, 1.165) is 17.7 Å². The second kappa shape index (κ2) is 6.38. The summed E-state index contributed by atoms with van der Waals surface area (Å²) in [6.07, 6.45) is 0.970. The number of hydrogen-bond donors (Lipinski definition) is 1. The number of likely N-dealkylation sites (N-methyl/N-ethyl adjacent to an activating group) is 1. The summed E-state index contributed by atoms with van der Waals surface area (Å²) >= 11 is 5.96. The van der Waals surface area contributed by atoms with Crippen LogP contribution in [-0.4, -0.2) is 19.6 Å². The molecule has 0 spiro atoms. The summed E-state index contributed by atoms with van der Waals surface area (Å²) < 4.78 is 5.43. The molecule has 1 aromatic rings. The van der Waals surface area contributed by atoms with Gasteiger partial charge in [0.05, 0.1) is 6.61 Å². The number of halogens is 1. The molecule has 4 heteroatoms. The third-order valence-electron chi connectivity index (χ3n) is 2.12. The molecule has 16 heavy (non-hydrogen) atoms. The Balaban J connectivity index is 2.67. The molecule has 0 aliphatic rings. The molecule has 0 bridgehead atoms. The lowest BCUT2D eigenvalue weighted by molar-refractivity contribution is -0.120. The molecule has 3 nitrogen and oxygen atoms in total. The highest BCUT2D eigenvalue weighted by molar-refractivity contribution is 6.30. The molecule has 0 aliphatic carbocycles. The second-order valence-electron chi connectivity index (χ2n) is 3.39. The molecular formula is C12H16ClNO2. The monoisotopic (exact) mass is 241 g/mol. The van der Waals surface area contributed by atoms with Crippen LogP contribution < -0.4 is 10.1 Å². The number of amides is 1. The number of hydrogen-bond acceptors (Lipinski definition) is 2. The SMILES string of the molecule is CCCOc1ccc(C(Cl)C(=O)NC)cc1. The Kier molecular flexibility index (Phi) is 5.12. The Labute approximate surface area is 101 Å². The van der Waals surface area contributed by atoms with E-state index in [0.29, 0.717) is 6.61 Å². The number of nitrogens with one attached hydrogen (secondary N) is 1. The lowest BCUT2D eigenvalue weighted by atomic mass is 10.1. The minimum Gasteiger partial charge on any atom is -0.494 e. The molecule has 0 heterocycles. The van der Waals surface area contributed by atoms with Gasteiger partial charge in [0.15, 0.2) is 0 Å². The summed E-state index contributed by atoms with van der Waals surface area (Å²) in [5.74, 6) is 0.593. The highest BCUT2D eigenvalue weighted by Gasteiger charge is 2.15. The number of rotatable bonds is 5. The number of carbonyl (C=O) groups excluding carboxylic acids is 1. The number of alkyl halides is 1. The standard InChI is InChI=1S/C12H16ClNO2/c1-3-8-16-10-6-4-9(5-7-10)11(13)12(15)14-2/h4-7,11H,3,8H2,1-2H3,(H,14,15). The highest BCUT2D eigenvalue weighted by atomic mass is 35.5. The third kappa shape index (κ3) is 3.42. The van der Waals surface area contributed by atoms with Crippen molar-refractivity contribution in [3.8, 4) is 5.75 Å². The zero-order valence-electron chi connectivity index (χ0n) is 9.50. The van der Waals surface area contributed by atoms with Crippen molar-refractivity contribution in [2.24, 2.45) is 0 Å². The lowest BCUT2D eigenvalue weighted by Gasteiger charge is -2.09. The van der Waals surface area contributed by atoms with Gasteiger partial charge < -0.3 is 10.1 Å². The van der Waals surface area contributed by atoms with Gasteiger partial charge in [-0.2, -0.15) is 0 Å². The van der Waals surface area contributed by atoms with Crippen LogP contribution in [-0.2, 0) is 4.79 Å². The zero-order chi connectivity index (χ0) is 12.0. The van der Waals surface area contributed by atoms with E-state index in [9.17, 15) is 4.79 Å². The van der Waals surface area contributed by atoms with Gasteiger partial charge in [-0.3, -0.25) is 4.79 Å². The molecule has 1 aromatic carbocycles. The van der Waals surface area contributed by atoms with E-state index in [-0.39, 0.29) is 5.91 Å². The van der Waals surface area contributed by atoms with Gasteiger partial charge >= 0.3 is 0 Å². The Morgan fingerprint density at radius 1 is 1.44 bits per heavy atom. The maximum atomic E-state index is 11.3. The van der Waals surface area contributed by atoms with Gasteiger partial charge in [0.2, 0.25) is 5.91 Å². The Hall–Kier alpha value is -1.22. The molecular weight excluding hydrogens is 226 g/mol. The van der Waals surface area contributed by atoms with Crippen LogP contribution in [0.2, 0.25) is 0 Å². The van der Waals surface area contributed by atoms with E-state index in [1.54, 1.807) is 19.2 Å². The molecule has 1 atom stereocenters. The van der Waals surface area contributed by atoms with Gasteiger partial charge in [-0.05, 0) is 24.1 Å². The highest BCUT2D eigenvalue weighted by Crippen LogP contribution is 2.23. The quantitative estimate of drug-likeness (QED) is 0.805. The molecule has 1 N–H and O–H groups in total. The molecule has 0 aliphatic heterocycles. The van der Waals surface area contributed by atoms with Crippen molar-refractivity contribution >= 4 is 17.5 Å². The van der Waals surface area contributed by atoms with Gasteiger partial charge in [-0.1, -0.05) is 19.1 Å².